The Kier molecular flexibility index (Phi) is 5.25. The highest BCUT2D eigenvalue weighted by molar-refractivity contribution is 7.98. The predicted molar refractivity (Wildman–Crippen MR) is 99.6 cm³/mol. The Hall–Kier alpha value is -3.12. The van der Waals surface area contributed by atoms with Gasteiger partial charge in [-0.25, -0.2) is 9.97 Å². The molecule has 0 saturated carbocycles. The zero-order chi connectivity index (χ0) is 20.5. The molecule has 1 aromatic carbocycles. The average Bonchev–Trinajstić information content (AvgIpc) is 2.69. The van der Waals surface area contributed by atoms with Gasteiger partial charge in [0.2, 0.25) is 0 Å². The minimum Gasteiger partial charge on any atom is -0.310 e. The summed E-state index contributed by atoms with van der Waals surface area (Å²) in [5, 5.41) is 9.74. The number of benzene rings is 1. The van der Waals surface area contributed by atoms with E-state index in [1.165, 1.54) is 47.8 Å². The molecule has 28 heavy (non-hydrogen) atoms. The van der Waals surface area contributed by atoms with Gasteiger partial charge in [-0.1, -0.05) is 23.9 Å². The monoisotopic (exact) mass is 402 g/mol. The molecule has 5 nitrogen and oxygen atoms in total. The van der Waals surface area contributed by atoms with Gasteiger partial charge in [-0.3, -0.25) is 4.79 Å². The van der Waals surface area contributed by atoms with Crippen LogP contribution in [0.5, 0.6) is 0 Å². The third-order valence-corrected chi connectivity index (χ3v) is 4.65. The molecule has 142 valence electrons. The van der Waals surface area contributed by atoms with Gasteiger partial charge in [0.05, 0.1) is 17.0 Å². The van der Waals surface area contributed by atoms with Crippen LogP contribution in [-0.4, -0.2) is 20.8 Å². The lowest BCUT2D eigenvalue weighted by atomic mass is 9.99. The van der Waals surface area contributed by atoms with E-state index in [9.17, 15) is 23.2 Å². The third-order valence-electron chi connectivity index (χ3n) is 4.09. The van der Waals surface area contributed by atoms with Crippen molar-refractivity contribution in [2.24, 2.45) is 7.05 Å². The Morgan fingerprint density at radius 1 is 1.21 bits per heavy atom. The van der Waals surface area contributed by atoms with Crippen LogP contribution < -0.4 is 5.56 Å². The number of thioether (sulfide) groups is 1. The Balaban J connectivity index is 2.36. The summed E-state index contributed by atoms with van der Waals surface area (Å²) in [6.45, 7) is 0. The maximum atomic E-state index is 13.2. The number of nitrogens with zero attached hydrogens (tertiary/aromatic N) is 4. The van der Waals surface area contributed by atoms with Gasteiger partial charge in [0, 0.05) is 18.8 Å². The smallest absolute Gasteiger partial charge is 0.310 e. The van der Waals surface area contributed by atoms with Crippen molar-refractivity contribution in [3.8, 4) is 28.6 Å². The molecule has 0 aliphatic carbocycles. The van der Waals surface area contributed by atoms with Crippen molar-refractivity contribution in [2.45, 2.75) is 11.3 Å². The third kappa shape index (κ3) is 3.64. The van der Waals surface area contributed by atoms with Crippen LogP contribution in [0.4, 0.5) is 13.2 Å². The van der Waals surface area contributed by atoms with Gasteiger partial charge in [0.25, 0.3) is 5.56 Å². The first-order valence-corrected chi connectivity index (χ1v) is 9.18. The molecule has 0 spiro atoms. The van der Waals surface area contributed by atoms with Crippen LogP contribution in [0.3, 0.4) is 0 Å². The highest BCUT2D eigenvalue weighted by Crippen LogP contribution is 2.35. The van der Waals surface area contributed by atoms with Crippen molar-refractivity contribution in [2.75, 3.05) is 6.26 Å². The standard InChI is InChI=1S/C19H13F3N4OS/c1-26-16(11-4-3-5-13(8-11)19(20,21)22)14(9-12(10-23)17(26)27)15-6-7-24-18(25-15)28-2/h3-9H,1-2H3. The molecule has 0 saturated heterocycles. The number of pyridine rings is 1. The molecule has 2 heterocycles. The Labute approximate surface area is 162 Å². The van der Waals surface area contributed by atoms with Crippen LogP contribution >= 0.6 is 11.8 Å². The van der Waals surface area contributed by atoms with Gasteiger partial charge in [0.1, 0.15) is 11.6 Å². The normalized spacial score (nSPS) is 11.3. The average molecular weight is 402 g/mol. The van der Waals surface area contributed by atoms with Crippen LogP contribution in [0.25, 0.3) is 22.5 Å². The SMILES string of the molecule is CSc1nccc(-c2cc(C#N)c(=O)n(C)c2-c2cccc(C(F)(F)F)c2)n1. The fourth-order valence-corrected chi connectivity index (χ4v) is 3.15. The van der Waals surface area contributed by atoms with E-state index in [4.69, 9.17) is 0 Å². The van der Waals surface area contributed by atoms with Crippen LogP contribution in [0.2, 0.25) is 0 Å². The maximum Gasteiger partial charge on any atom is 0.416 e. The summed E-state index contributed by atoms with van der Waals surface area (Å²) in [6.07, 6.45) is -1.22. The van der Waals surface area contributed by atoms with Crippen LogP contribution in [-0.2, 0) is 13.2 Å². The molecule has 0 aliphatic rings. The number of rotatable bonds is 3. The minimum absolute atomic E-state index is 0.127. The van der Waals surface area contributed by atoms with Crippen molar-refractivity contribution >= 4 is 11.8 Å². The summed E-state index contributed by atoms with van der Waals surface area (Å²) in [5.41, 5.74) is -0.357. The molecule has 3 aromatic rings. The Bertz CT molecular complexity index is 1150. The summed E-state index contributed by atoms with van der Waals surface area (Å²) < 4.78 is 40.7. The quantitative estimate of drug-likeness (QED) is 0.487. The van der Waals surface area contributed by atoms with Gasteiger partial charge < -0.3 is 4.57 Å². The molecular weight excluding hydrogens is 389 g/mol. The summed E-state index contributed by atoms with van der Waals surface area (Å²) in [6, 6.07) is 9.45. The van der Waals surface area contributed by atoms with Gasteiger partial charge >= 0.3 is 6.18 Å². The number of halogens is 3. The molecule has 3 rings (SSSR count). The molecule has 0 amide bonds. The zero-order valence-electron chi connectivity index (χ0n) is 14.8. The number of aromatic nitrogens is 3. The molecule has 0 radical (unpaired) electrons. The second-order valence-electron chi connectivity index (χ2n) is 5.80. The number of alkyl halides is 3. The second kappa shape index (κ2) is 7.48. The van der Waals surface area contributed by atoms with E-state index in [1.807, 2.05) is 6.07 Å². The van der Waals surface area contributed by atoms with Gasteiger partial charge in [-0.15, -0.1) is 0 Å². The van der Waals surface area contributed by atoms with Crippen molar-refractivity contribution in [1.29, 1.82) is 5.26 Å². The van der Waals surface area contributed by atoms with Crippen molar-refractivity contribution in [1.82, 2.24) is 14.5 Å². The minimum atomic E-state index is -4.53. The summed E-state index contributed by atoms with van der Waals surface area (Å²) in [4.78, 5) is 20.9. The molecule has 0 N–H and O–H groups in total. The maximum absolute atomic E-state index is 13.2. The van der Waals surface area contributed by atoms with Gasteiger partial charge in [-0.05, 0) is 36.1 Å². The van der Waals surface area contributed by atoms with Crippen LogP contribution in [0.1, 0.15) is 11.1 Å². The van der Waals surface area contributed by atoms with Crippen molar-refractivity contribution in [3.05, 3.63) is 64.1 Å². The van der Waals surface area contributed by atoms with E-state index in [0.717, 1.165) is 12.1 Å². The number of hydrogen-bond acceptors (Lipinski definition) is 5. The number of hydrogen-bond donors (Lipinski definition) is 0. The molecule has 9 heteroatoms. The van der Waals surface area contributed by atoms with Gasteiger partial charge in [-0.2, -0.15) is 18.4 Å². The number of nitriles is 1. The molecular formula is C19H13F3N4OS. The lowest BCUT2D eigenvalue weighted by molar-refractivity contribution is -0.137. The van der Waals surface area contributed by atoms with E-state index < -0.39 is 17.3 Å². The first kappa shape index (κ1) is 19.6. The van der Waals surface area contributed by atoms with Crippen molar-refractivity contribution < 1.29 is 13.2 Å². The summed E-state index contributed by atoms with van der Waals surface area (Å²) in [5.74, 6) is 0. The first-order valence-electron chi connectivity index (χ1n) is 7.95. The first-order chi connectivity index (χ1) is 13.3. The van der Waals surface area contributed by atoms with E-state index in [0.29, 0.717) is 16.4 Å². The largest absolute Gasteiger partial charge is 0.416 e. The summed E-state index contributed by atoms with van der Waals surface area (Å²) in [7, 11) is 1.42. The zero-order valence-corrected chi connectivity index (χ0v) is 15.6. The molecule has 2 aromatic heterocycles. The fraction of sp³-hybridized carbons (Fsp3) is 0.158. The lowest BCUT2D eigenvalue weighted by Crippen LogP contribution is -2.22. The van der Waals surface area contributed by atoms with Crippen LogP contribution in [0.15, 0.2) is 52.5 Å². The second-order valence-corrected chi connectivity index (χ2v) is 6.58. The molecule has 0 aliphatic heterocycles. The van der Waals surface area contributed by atoms with E-state index >= 15 is 0 Å². The van der Waals surface area contributed by atoms with Gasteiger partial charge in [0.15, 0.2) is 5.16 Å². The van der Waals surface area contributed by atoms with E-state index in [1.54, 1.807) is 12.3 Å². The fourth-order valence-electron chi connectivity index (χ4n) is 2.79. The highest BCUT2D eigenvalue weighted by atomic mass is 32.2. The predicted octanol–water partition coefficient (Wildman–Crippen LogP) is 4.12. The Morgan fingerprint density at radius 2 is 1.96 bits per heavy atom. The lowest BCUT2D eigenvalue weighted by Gasteiger charge is -2.16. The van der Waals surface area contributed by atoms with Crippen molar-refractivity contribution in [3.63, 3.8) is 0 Å². The molecule has 0 unspecified atom stereocenters. The highest BCUT2D eigenvalue weighted by Gasteiger charge is 2.31. The molecule has 0 fully saturated rings. The molecule has 0 atom stereocenters. The van der Waals surface area contributed by atoms with E-state index in [-0.39, 0.29) is 16.8 Å². The Morgan fingerprint density at radius 3 is 2.61 bits per heavy atom. The summed E-state index contributed by atoms with van der Waals surface area (Å²) >= 11 is 1.30. The topological polar surface area (TPSA) is 71.6 Å². The molecule has 0 bridgehead atoms. The van der Waals surface area contributed by atoms with E-state index in [2.05, 4.69) is 9.97 Å². The van der Waals surface area contributed by atoms with Crippen LogP contribution in [0, 0.1) is 11.3 Å².